The third-order valence-corrected chi connectivity index (χ3v) is 6.15. The van der Waals surface area contributed by atoms with Crippen molar-refractivity contribution in [1.29, 1.82) is 0 Å². The Balaban J connectivity index is 1.73. The van der Waals surface area contributed by atoms with E-state index < -0.39 is 0 Å². The maximum absolute atomic E-state index is 13.1. The van der Waals surface area contributed by atoms with Crippen LogP contribution in [0.2, 0.25) is 0 Å². The van der Waals surface area contributed by atoms with Gasteiger partial charge in [-0.2, -0.15) is 5.10 Å². The van der Waals surface area contributed by atoms with Crippen molar-refractivity contribution in [2.75, 3.05) is 13.1 Å². The predicted octanol–water partition coefficient (Wildman–Crippen LogP) is 3.22. The minimum absolute atomic E-state index is 0.126. The van der Waals surface area contributed by atoms with Crippen molar-refractivity contribution < 1.29 is 4.79 Å². The van der Waals surface area contributed by atoms with Gasteiger partial charge in [-0.25, -0.2) is 4.68 Å². The Hall–Kier alpha value is -2.18. The van der Waals surface area contributed by atoms with Crippen LogP contribution >= 0.6 is 11.3 Å². The molecule has 0 saturated carbocycles. The van der Waals surface area contributed by atoms with Crippen molar-refractivity contribution in [3.63, 3.8) is 0 Å². The van der Waals surface area contributed by atoms with Crippen LogP contribution in [0, 0.1) is 6.92 Å². The minimum atomic E-state index is 0.126. The van der Waals surface area contributed by atoms with E-state index in [9.17, 15) is 4.79 Å². The number of benzene rings is 1. The van der Waals surface area contributed by atoms with Gasteiger partial charge in [0.2, 0.25) is 0 Å². The van der Waals surface area contributed by atoms with Crippen LogP contribution in [0.5, 0.6) is 0 Å². The topological polar surface area (TPSA) is 50.2 Å². The SMILES string of the molecule is Cc1nn(-c2ccccc2)c2sc(C(=O)N3CCNC(C)C3C)cc12. The fraction of sp³-hybridized carbons (Fsp3) is 0.368. The molecule has 5 nitrogen and oxygen atoms in total. The molecule has 0 bridgehead atoms. The van der Waals surface area contributed by atoms with E-state index in [2.05, 4.69) is 24.3 Å². The molecule has 0 aliphatic carbocycles. The molecule has 1 aliphatic heterocycles. The molecule has 4 rings (SSSR count). The molecule has 2 aromatic heterocycles. The lowest BCUT2D eigenvalue weighted by Crippen LogP contribution is -2.57. The highest BCUT2D eigenvalue weighted by atomic mass is 32.1. The molecule has 3 heterocycles. The molecule has 1 fully saturated rings. The predicted molar refractivity (Wildman–Crippen MR) is 102 cm³/mol. The summed E-state index contributed by atoms with van der Waals surface area (Å²) in [6, 6.07) is 12.6. The number of thiophene rings is 1. The van der Waals surface area contributed by atoms with Crippen LogP contribution in [0.15, 0.2) is 36.4 Å². The molecule has 25 heavy (non-hydrogen) atoms. The molecule has 2 atom stereocenters. The summed E-state index contributed by atoms with van der Waals surface area (Å²) < 4.78 is 1.94. The third kappa shape index (κ3) is 2.75. The highest BCUT2D eigenvalue weighted by molar-refractivity contribution is 7.20. The summed E-state index contributed by atoms with van der Waals surface area (Å²) in [7, 11) is 0. The normalized spacial score (nSPS) is 21.0. The highest BCUT2D eigenvalue weighted by Crippen LogP contribution is 2.31. The van der Waals surface area contributed by atoms with E-state index in [1.165, 1.54) is 11.3 Å². The van der Waals surface area contributed by atoms with Gasteiger partial charge in [-0.05, 0) is 39.0 Å². The van der Waals surface area contributed by atoms with Gasteiger partial charge in [0.15, 0.2) is 0 Å². The number of fused-ring (bicyclic) bond motifs is 1. The summed E-state index contributed by atoms with van der Waals surface area (Å²) >= 11 is 1.53. The average molecular weight is 354 g/mol. The monoisotopic (exact) mass is 354 g/mol. The molecule has 3 aromatic rings. The van der Waals surface area contributed by atoms with Crippen LogP contribution in [0.1, 0.15) is 29.2 Å². The second kappa shape index (κ2) is 6.28. The number of rotatable bonds is 2. The minimum Gasteiger partial charge on any atom is -0.332 e. The van der Waals surface area contributed by atoms with E-state index in [1.54, 1.807) is 0 Å². The van der Waals surface area contributed by atoms with Crippen molar-refractivity contribution in [3.05, 3.63) is 47.0 Å². The maximum Gasteiger partial charge on any atom is 0.264 e. The van der Waals surface area contributed by atoms with Crippen molar-refractivity contribution in [2.24, 2.45) is 0 Å². The lowest BCUT2D eigenvalue weighted by molar-refractivity contribution is 0.0608. The number of carbonyl (C=O) groups excluding carboxylic acids is 1. The zero-order valence-electron chi connectivity index (χ0n) is 14.7. The fourth-order valence-corrected chi connectivity index (χ4v) is 4.52. The van der Waals surface area contributed by atoms with Gasteiger partial charge in [0.1, 0.15) is 4.83 Å². The number of carbonyl (C=O) groups is 1. The Kier molecular flexibility index (Phi) is 4.09. The number of aryl methyl sites for hydroxylation is 1. The van der Waals surface area contributed by atoms with Crippen molar-refractivity contribution in [3.8, 4) is 5.69 Å². The number of amides is 1. The number of nitrogens with zero attached hydrogens (tertiary/aromatic N) is 3. The van der Waals surface area contributed by atoms with Crippen LogP contribution in [-0.2, 0) is 0 Å². The van der Waals surface area contributed by atoms with E-state index >= 15 is 0 Å². The molecule has 1 amide bonds. The van der Waals surface area contributed by atoms with Crippen molar-refractivity contribution in [2.45, 2.75) is 32.9 Å². The Bertz CT molecular complexity index is 914. The second-order valence-corrected chi connectivity index (χ2v) is 7.67. The summed E-state index contributed by atoms with van der Waals surface area (Å²) in [4.78, 5) is 16.9. The van der Waals surface area contributed by atoms with Crippen LogP contribution in [0.25, 0.3) is 15.9 Å². The van der Waals surface area contributed by atoms with Gasteiger partial charge in [0, 0.05) is 30.6 Å². The molecule has 1 saturated heterocycles. The summed E-state index contributed by atoms with van der Waals surface area (Å²) in [6.07, 6.45) is 0. The number of piperazine rings is 1. The van der Waals surface area contributed by atoms with Gasteiger partial charge < -0.3 is 10.2 Å². The number of hydrogen-bond acceptors (Lipinski definition) is 4. The summed E-state index contributed by atoms with van der Waals surface area (Å²) in [5.74, 6) is 0.126. The summed E-state index contributed by atoms with van der Waals surface area (Å²) in [5, 5.41) is 9.14. The number of aromatic nitrogens is 2. The zero-order chi connectivity index (χ0) is 17.6. The lowest BCUT2D eigenvalue weighted by atomic mass is 10.1. The first-order valence-electron chi connectivity index (χ1n) is 8.65. The first-order valence-corrected chi connectivity index (χ1v) is 9.47. The molecule has 6 heteroatoms. The molecule has 1 aliphatic rings. The maximum atomic E-state index is 13.1. The molecule has 130 valence electrons. The van der Waals surface area contributed by atoms with Gasteiger partial charge in [-0.3, -0.25) is 4.79 Å². The quantitative estimate of drug-likeness (QED) is 0.769. The largest absolute Gasteiger partial charge is 0.332 e. The number of hydrogen-bond donors (Lipinski definition) is 1. The van der Waals surface area contributed by atoms with E-state index in [4.69, 9.17) is 0 Å². The zero-order valence-corrected chi connectivity index (χ0v) is 15.5. The Morgan fingerprint density at radius 1 is 1.28 bits per heavy atom. The van der Waals surface area contributed by atoms with E-state index in [0.717, 1.165) is 39.6 Å². The van der Waals surface area contributed by atoms with Gasteiger partial charge >= 0.3 is 0 Å². The fourth-order valence-electron chi connectivity index (χ4n) is 3.38. The van der Waals surface area contributed by atoms with E-state index in [-0.39, 0.29) is 11.9 Å². The first kappa shape index (κ1) is 16.3. The average Bonchev–Trinajstić information content (AvgIpc) is 3.18. The molecular weight excluding hydrogens is 332 g/mol. The standard InChI is InChI=1S/C19H22N4OS/c1-12-14(3)22(10-9-20-12)18(24)17-11-16-13(2)21-23(19(16)25-17)15-7-5-4-6-8-15/h4-8,11-12,14,20H,9-10H2,1-3H3. The Labute approximate surface area is 151 Å². The molecule has 2 unspecified atom stereocenters. The van der Waals surface area contributed by atoms with Crippen molar-refractivity contribution in [1.82, 2.24) is 20.0 Å². The molecule has 1 aromatic carbocycles. The van der Waals surface area contributed by atoms with Gasteiger partial charge in [0.25, 0.3) is 5.91 Å². The van der Waals surface area contributed by atoms with Crippen LogP contribution in [-0.4, -0.2) is 45.8 Å². The lowest BCUT2D eigenvalue weighted by Gasteiger charge is -2.38. The number of nitrogens with one attached hydrogen (secondary N) is 1. The van der Waals surface area contributed by atoms with E-state index in [1.807, 2.05) is 52.9 Å². The van der Waals surface area contributed by atoms with Crippen molar-refractivity contribution >= 4 is 27.5 Å². The van der Waals surface area contributed by atoms with Crippen LogP contribution in [0.3, 0.4) is 0 Å². The molecule has 1 N–H and O–H groups in total. The molecular formula is C19H22N4OS. The van der Waals surface area contributed by atoms with Crippen LogP contribution in [0.4, 0.5) is 0 Å². The van der Waals surface area contributed by atoms with Gasteiger partial charge in [-0.1, -0.05) is 18.2 Å². The number of para-hydroxylation sites is 1. The van der Waals surface area contributed by atoms with Gasteiger partial charge in [-0.15, -0.1) is 11.3 Å². The molecule has 0 spiro atoms. The highest BCUT2D eigenvalue weighted by Gasteiger charge is 2.30. The van der Waals surface area contributed by atoms with Gasteiger partial charge in [0.05, 0.1) is 16.3 Å². The first-order chi connectivity index (χ1) is 12.1. The summed E-state index contributed by atoms with van der Waals surface area (Å²) in [6.45, 7) is 7.84. The summed E-state index contributed by atoms with van der Waals surface area (Å²) in [5.41, 5.74) is 1.97. The van der Waals surface area contributed by atoms with E-state index in [0.29, 0.717) is 6.04 Å². The Morgan fingerprint density at radius 2 is 2.04 bits per heavy atom. The van der Waals surface area contributed by atoms with Crippen LogP contribution < -0.4 is 5.32 Å². The third-order valence-electron chi connectivity index (χ3n) is 5.05. The Morgan fingerprint density at radius 3 is 2.80 bits per heavy atom. The second-order valence-electron chi connectivity index (χ2n) is 6.64. The smallest absolute Gasteiger partial charge is 0.264 e. The molecule has 0 radical (unpaired) electrons.